The summed E-state index contributed by atoms with van der Waals surface area (Å²) in [5.41, 5.74) is 2.90. The van der Waals surface area contributed by atoms with Crippen molar-refractivity contribution in [3.63, 3.8) is 0 Å². The van der Waals surface area contributed by atoms with Gasteiger partial charge in [-0.2, -0.15) is 0 Å². The highest BCUT2D eigenvalue weighted by molar-refractivity contribution is 5.91. The van der Waals surface area contributed by atoms with Crippen molar-refractivity contribution in [2.45, 2.75) is 25.9 Å². The molecule has 6 heteroatoms. The predicted molar refractivity (Wildman–Crippen MR) is 123 cm³/mol. The minimum Gasteiger partial charge on any atom is -0.453 e. The predicted octanol–water partition coefficient (Wildman–Crippen LogP) is 4.94. The van der Waals surface area contributed by atoms with Crippen molar-refractivity contribution in [1.82, 2.24) is 15.2 Å². The molecule has 1 N–H and O–H groups in total. The number of ether oxygens (including phenoxy) is 1. The minimum atomic E-state index is -0.509. The Hall–Kier alpha value is -3.51. The summed E-state index contributed by atoms with van der Waals surface area (Å²) in [7, 11) is 0. The maximum Gasteiger partial charge on any atom is 0.244 e. The number of nitrogens with one attached hydrogen (secondary N) is 1. The first-order chi connectivity index (χ1) is 15.7. The average Bonchev–Trinajstić information content (AvgIpc) is 3.33. The van der Waals surface area contributed by atoms with Gasteiger partial charge in [0.1, 0.15) is 5.75 Å². The fourth-order valence-corrected chi connectivity index (χ4v) is 3.62. The number of benzene rings is 2. The maximum absolute atomic E-state index is 14.3. The van der Waals surface area contributed by atoms with Crippen molar-refractivity contribution < 1.29 is 13.9 Å². The number of nitrogens with zero attached hydrogens (tertiary/aromatic N) is 2. The SMILES string of the molecule is O=C(/C=C/c1ccc(Oc2cccnc2)c(F)c1)NCc1ccc(CN2CCCC2)cc1. The topological polar surface area (TPSA) is 54.5 Å². The second-order valence-electron chi connectivity index (χ2n) is 7.83. The van der Waals surface area contributed by atoms with Crippen molar-refractivity contribution in [3.8, 4) is 11.5 Å². The quantitative estimate of drug-likeness (QED) is 0.514. The number of hydrogen-bond acceptors (Lipinski definition) is 4. The largest absolute Gasteiger partial charge is 0.453 e. The fourth-order valence-electron chi connectivity index (χ4n) is 3.62. The van der Waals surface area contributed by atoms with Crippen LogP contribution in [-0.2, 0) is 17.9 Å². The second-order valence-corrected chi connectivity index (χ2v) is 7.83. The molecule has 0 bridgehead atoms. The lowest BCUT2D eigenvalue weighted by molar-refractivity contribution is -0.116. The van der Waals surface area contributed by atoms with Crippen LogP contribution in [0.1, 0.15) is 29.5 Å². The maximum atomic E-state index is 14.3. The van der Waals surface area contributed by atoms with E-state index in [1.807, 2.05) is 12.1 Å². The van der Waals surface area contributed by atoms with Crippen molar-refractivity contribution in [3.05, 3.63) is 95.6 Å². The van der Waals surface area contributed by atoms with Gasteiger partial charge in [0.05, 0.1) is 6.20 Å². The first-order valence-corrected chi connectivity index (χ1v) is 10.8. The number of rotatable bonds is 8. The lowest BCUT2D eigenvalue weighted by Crippen LogP contribution is -2.20. The molecule has 0 radical (unpaired) electrons. The standard InChI is InChI=1S/C26H26FN3O2/c27-24-16-20(9-11-25(24)32-23-4-3-13-28-18-23)10-12-26(31)29-17-21-5-7-22(8-6-21)19-30-14-1-2-15-30/h3-13,16,18H,1-2,14-15,17,19H2,(H,29,31)/b12-10+. The molecule has 1 aromatic heterocycles. The second kappa shape index (κ2) is 10.7. The summed E-state index contributed by atoms with van der Waals surface area (Å²) in [6, 6.07) is 16.3. The van der Waals surface area contributed by atoms with Crippen LogP contribution in [0.4, 0.5) is 4.39 Å². The van der Waals surface area contributed by atoms with Crippen LogP contribution in [0, 0.1) is 5.82 Å². The zero-order valence-electron chi connectivity index (χ0n) is 17.8. The van der Waals surface area contributed by atoms with E-state index in [-0.39, 0.29) is 11.7 Å². The molecule has 0 aliphatic carbocycles. The van der Waals surface area contributed by atoms with Gasteiger partial charge in [-0.25, -0.2) is 4.39 Å². The molecule has 2 aromatic carbocycles. The van der Waals surface area contributed by atoms with E-state index in [0.717, 1.165) is 12.1 Å². The molecule has 3 aromatic rings. The molecule has 164 valence electrons. The van der Waals surface area contributed by atoms with Crippen LogP contribution < -0.4 is 10.1 Å². The van der Waals surface area contributed by atoms with E-state index in [2.05, 4.69) is 27.3 Å². The third-order valence-corrected chi connectivity index (χ3v) is 5.34. The number of likely N-dealkylation sites (tertiary alicyclic amines) is 1. The van der Waals surface area contributed by atoms with Gasteiger partial charge in [-0.15, -0.1) is 0 Å². The molecule has 1 aliphatic heterocycles. The summed E-state index contributed by atoms with van der Waals surface area (Å²) >= 11 is 0. The number of pyridine rings is 1. The van der Waals surface area contributed by atoms with E-state index in [1.54, 1.807) is 30.5 Å². The molecule has 1 saturated heterocycles. The van der Waals surface area contributed by atoms with Crippen molar-refractivity contribution in [2.24, 2.45) is 0 Å². The van der Waals surface area contributed by atoms with Crippen LogP contribution in [0.3, 0.4) is 0 Å². The van der Waals surface area contributed by atoms with Crippen LogP contribution in [0.25, 0.3) is 6.08 Å². The van der Waals surface area contributed by atoms with Crippen LogP contribution in [0.15, 0.2) is 73.1 Å². The van der Waals surface area contributed by atoms with Gasteiger partial charge in [-0.1, -0.05) is 30.3 Å². The number of carbonyl (C=O) groups is 1. The van der Waals surface area contributed by atoms with Gasteiger partial charge in [0.15, 0.2) is 11.6 Å². The monoisotopic (exact) mass is 431 g/mol. The van der Waals surface area contributed by atoms with E-state index in [9.17, 15) is 9.18 Å². The lowest BCUT2D eigenvalue weighted by atomic mass is 10.1. The Balaban J connectivity index is 1.26. The molecule has 1 amide bonds. The summed E-state index contributed by atoms with van der Waals surface area (Å²) in [5.74, 6) is -0.182. The third kappa shape index (κ3) is 6.25. The molecule has 0 atom stereocenters. The van der Waals surface area contributed by atoms with Crippen LogP contribution in [0.5, 0.6) is 11.5 Å². The highest BCUT2D eigenvalue weighted by atomic mass is 19.1. The number of amides is 1. The van der Waals surface area contributed by atoms with Gasteiger partial charge in [0.25, 0.3) is 0 Å². The first-order valence-electron chi connectivity index (χ1n) is 10.8. The van der Waals surface area contributed by atoms with Gasteiger partial charge < -0.3 is 10.1 Å². The first kappa shape index (κ1) is 21.7. The number of hydrogen-bond donors (Lipinski definition) is 1. The Morgan fingerprint density at radius 1 is 1.09 bits per heavy atom. The highest BCUT2D eigenvalue weighted by Crippen LogP contribution is 2.24. The number of halogens is 1. The molecular weight excluding hydrogens is 405 g/mol. The minimum absolute atomic E-state index is 0.104. The third-order valence-electron chi connectivity index (χ3n) is 5.34. The van der Waals surface area contributed by atoms with Gasteiger partial charge in [0.2, 0.25) is 5.91 Å². The Morgan fingerprint density at radius 2 is 1.88 bits per heavy atom. The fraction of sp³-hybridized carbons (Fsp3) is 0.231. The normalized spacial score (nSPS) is 14.0. The van der Waals surface area contributed by atoms with Crippen LogP contribution in [-0.4, -0.2) is 28.9 Å². The van der Waals surface area contributed by atoms with E-state index >= 15 is 0 Å². The zero-order valence-corrected chi connectivity index (χ0v) is 17.8. The van der Waals surface area contributed by atoms with E-state index in [1.165, 1.54) is 55.9 Å². The Morgan fingerprint density at radius 3 is 2.59 bits per heavy atom. The van der Waals surface area contributed by atoms with Crippen molar-refractivity contribution >= 4 is 12.0 Å². The molecule has 1 fully saturated rings. The number of aromatic nitrogens is 1. The van der Waals surface area contributed by atoms with Gasteiger partial charge in [0, 0.05) is 25.4 Å². The van der Waals surface area contributed by atoms with Gasteiger partial charge >= 0.3 is 0 Å². The molecular formula is C26H26FN3O2. The lowest BCUT2D eigenvalue weighted by Gasteiger charge is -2.14. The zero-order chi connectivity index (χ0) is 22.2. The Kier molecular flexibility index (Phi) is 7.25. The van der Waals surface area contributed by atoms with Crippen molar-refractivity contribution in [2.75, 3.05) is 13.1 Å². The average molecular weight is 432 g/mol. The van der Waals surface area contributed by atoms with E-state index in [0.29, 0.717) is 17.9 Å². The summed E-state index contributed by atoms with van der Waals surface area (Å²) in [4.78, 5) is 18.5. The molecule has 2 heterocycles. The summed E-state index contributed by atoms with van der Waals surface area (Å²) in [5, 5.41) is 2.86. The summed E-state index contributed by atoms with van der Waals surface area (Å²) in [6.45, 7) is 3.78. The van der Waals surface area contributed by atoms with E-state index in [4.69, 9.17) is 4.74 Å². The van der Waals surface area contributed by atoms with Crippen LogP contribution >= 0.6 is 0 Å². The molecule has 4 rings (SSSR count). The van der Waals surface area contributed by atoms with Gasteiger partial charge in [-0.05, 0) is 73.0 Å². The molecule has 5 nitrogen and oxygen atoms in total. The van der Waals surface area contributed by atoms with Crippen LogP contribution in [0.2, 0.25) is 0 Å². The molecule has 0 unspecified atom stereocenters. The molecule has 0 spiro atoms. The van der Waals surface area contributed by atoms with Crippen molar-refractivity contribution in [1.29, 1.82) is 0 Å². The molecule has 1 aliphatic rings. The molecule has 0 saturated carbocycles. The smallest absolute Gasteiger partial charge is 0.244 e. The van der Waals surface area contributed by atoms with E-state index < -0.39 is 5.82 Å². The highest BCUT2D eigenvalue weighted by Gasteiger charge is 2.11. The summed E-state index contributed by atoms with van der Waals surface area (Å²) < 4.78 is 19.8. The Labute approximate surface area is 187 Å². The molecule has 32 heavy (non-hydrogen) atoms. The van der Waals surface area contributed by atoms with Gasteiger partial charge in [-0.3, -0.25) is 14.7 Å². The number of carbonyl (C=O) groups excluding carboxylic acids is 1. The summed E-state index contributed by atoms with van der Waals surface area (Å²) in [6.07, 6.45) is 8.68. The Bertz CT molecular complexity index is 1060.